The van der Waals surface area contributed by atoms with Crippen molar-refractivity contribution < 1.29 is 90.8 Å². The number of benzene rings is 1. The zero-order chi connectivity index (χ0) is 61.4. The third-order valence-electron chi connectivity index (χ3n) is 13.1. The highest BCUT2D eigenvalue weighted by Crippen LogP contribution is 2.66. The van der Waals surface area contributed by atoms with Crippen LogP contribution in [0.1, 0.15) is 97.5 Å². The van der Waals surface area contributed by atoms with E-state index in [4.69, 9.17) is 23.7 Å². The molecule has 0 aliphatic carbocycles. The summed E-state index contributed by atoms with van der Waals surface area (Å²) in [7, 11) is 3.83. The van der Waals surface area contributed by atoms with Crippen molar-refractivity contribution in [2.45, 2.75) is 108 Å². The van der Waals surface area contributed by atoms with E-state index in [1.807, 2.05) is 0 Å². The Hall–Kier alpha value is -5.75. The highest BCUT2D eigenvalue weighted by molar-refractivity contribution is 8.94. The molecule has 3 rings (SSSR count). The molecule has 5 N–H and O–H groups in total. The average molecular weight is 1220 g/mol. The smallest absolute Gasteiger partial charge is 0.250 e. The quantitative estimate of drug-likeness (QED) is 0.0203. The van der Waals surface area contributed by atoms with Gasteiger partial charge in [-0.1, -0.05) is 40.1 Å². The number of imide groups is 1. The molecule has 1 aromatic carbocycles. The Morgan fingerprint density at radius 3 is 1.83 bits per heavy atom. The lowest BCUT2D eigenvalue weighted by Gasteiger charge is -2.23. The van der Waals surface area contributed by atoms with Crippen molar-refractivity contribution in [2.75, 3.05) is 110 Å². The molecular weight excluding hydrogens is 1140 g/mol. The molecule has 1 unspecified atom stereocenters. The lowest BCUT2D eigenvalue weighted by molar-refractivity contribution is -0.154. The van der Waals surface area contributed by atoms with Gasteiger partial charge in [-0.2, -0.15) is 0 Å². The van der Waals surface area contributed by atoms with Gasteiger partial charge in [-0.15, -0.1) is 11.8 Å². The molecule has 2 aliphatic heterocycles. The van der Waals surface area contributed by atoms with Crippen LogP contribution in [0.5, 0.6) is 0 Å². The van der Waals surface area contributed by atoms with E-state index in [1.54, 1.807) is 24.3 Å². The summed E-state index contributed by atoms with van der Waals surface area (Å²) in [6.45, 7) is 5.31. The van der Waals surface area contributed by atoms with E-state index in [-0.39, 0.29) is 171 Å². The average Bonchev–Trinajstić information content (AvgIpc) is 3.08. The molecule has 2 heterocycles. The molecule has 0 bridgehead atoms. The van der Waals surface area contributed by atoms with Crippen molar-refractivity contribution in [3.05, 3.63) is 29.8 Å². The van der Waals surface area contributed by atoms with E-state index < -0.39 is 74.0 Å². The number of amides is 7. The predicted molar refractivity (Wildman–Crippen MR) is 307 cm³/mol. The number of ether oxygens (including phenoxy) is 5. The standard InChI is InChI=1S/C55H78N6O19S3/c1-36(62)54(37(2)63,38(3)64)45(67)17-23-76-25-27-78-29-30-79-28-26-77-24-21-59-52(74)41(32-43(66)18-31-81-44-33-51(73)61(53(44)75)22-16-46(68)55(39(4)65)82-83-55)8-6-7-19-57-49(71)34-80-35-50(72)60-42-12-9-40(10-13-42)11-14-48(70)58-20-15-47(69)56-5/h9-10,12-13,41,44H,6-8,11,14-35H2,1-5H3,(H,56,69)(H,57,71)(H,58,70)(H,59,74)(H,60,72)/t41-,44?/m0/s1. The lowest BCUT2D eigenvalue weighted by atomic mass is 9.72. The van der Waals surface area contributed by atoms with Gasteiger partial charge in [0, 0.05) is 95.5 Å². The van der Waals surface area contributed by atoms with Gasteiger partial charge in [0.15, 0.2) is 38.8 Å². The van der Waals surface area contributed by atoms with E-state index in [2.05, 4.69) is 26.6 Å². The summed E-state index contributed by atoms with van der Waals surface area (Å²) in [5, 5.41) is 12.6. The first kappa shape index (κ1) is 71.5. The predicted octanol–water partition coefficient (Wildman–Crippen LogP) is 1.47. The van der Waals surface area contributed by atoms with E-state index in [0.717, 1.165) is 64.6 Å². The maximum Gasteiger partial charge on any atom is 0.250 e. The minimum Gasteiger partial charge on any atom is -0.379 e. The molecule has 7 amide bonds. The number of nitrogens with zero attached hydrogens (tertiary/aromatic N) is 1. The third-order valence-corrected chi connectivity index (χ3v) is 17.4. The molecule has 1 aromatic rings. The van der Waals surface area contributed by atoms with Crippen LogP contribution in [0.25, 0.3) is 0 Å². The number of likely N-dealkylation sites (tertiary alicyclic amines) is 1. The number of aryl methyl sites for hydroxylation is 1. The number of thioether (sulfide) groups is 1. The fourth-order valence-electron chi connectivity index (χ4n) is 8.47. The number of rotatable bonds is 47. The van der Waals surface area contributed by atoms with E-state index in [0.29, 0.717) is 31.4 Å². The first-order valence-electron chi connectivity index (χ1n) is 27.3. The molecule has 0 aromatic heterocycles. The second kappa shape index (κ2) is 38.2. The van der Waals surface area contributed by atoms with E-state index >= 15 is 0 Å². The van der Waals surface area contributed by atoms with Gasteiger partial charge in [-0.25, -0.2) is 0 Å². The zero-order valence-electron chi connectivity index (χ0n) is 47.8. The minimum absolute atomic E-state index is 0.0202. The molecule has 83 heavy (non-hydrogen) atoms. The number of hydrogen-bond acceptors (Lipinski definition) is 22. The number of anilines is 1. The lowest BCUT2D eigenvalue weighted by Crippen LogP contribution is -2.50. The van der Waals surface area contributed by atoms with Crippen LogP contribution in [0.15, 0.2) is 24.3 Å². The Morgan fingerprint density at radius 1 is 0.651 bits per heavy atom. The van der Waals surface area contributed by atoms with Crippen molar-refractivity contribution in [1.29, 1.82) is 0 Å². The van der Waals surface area contributed by atoms with E-state index in [9.17, 15) is 67.1 Å². The summed E-state index contributed by atoms with van der Waals surface area (Å²) in [6.07, 6.45) is 1.47. The van der Waals surface area contributed by atoms with Gasteiger partial charge in [-0.05, 0) is 64.7 Å². The number of nitrogens with one attached hydrogen (secondary N) is 5. The van der Waals surface area contributed by atoms with Gasteiger partial charge in [0.2, 0.25) is 46.8 Å². The van der Waals surface area contributed by atoms with Gasteiger partial charge >= 0.3 is 0 Å². The summed E-state index contributed by atoms with van der Waals surface area (Å²) < 4.78 is 26.0. The number of carbonyl (C=O) groups is 14. The Morgan fingerprint density at radius 2 is 1.24 bits per heavy atom. The normalized spacial score (nSPS) is 14.8. The van der Waals surface area contributed by atoms with Gasteiger partial charge in [-0.3, -0.25) is 72.0 Å². The molecule has 2 atom stereocenters. The van der Waals surface area contributed by atoms with E-state index in [1.165, 1.54) is 14.0 Å². The fraction of sp³-hybridized carbons (Fsp3) is 0.636. The third kappa shape index (κ3) is 25.2. The van der Waals surface area contributed by atoms with Crippen molar-refractivity contribution in [3.8, 4) is 0 Å². The Bertz CT molecular complexity index is 2420. The van der Waals surface area contributed by atoms with Gasteiger partial charge in [0.05, 0.1) is 58.1 Å². The summed E-state index contributed by atoms with van der Waals surface area (Å²) >= 11 is 1.15. The molecule has 25 nitrogen and oxygen atoms in total. The number of unbranched alkanes of at least 4 members (excludes halogenated alkanes) is 1. The Kier molecular flexibility index (Phi) is 33.0. The Balaban J connectivity index is 1.36. The van der Waals surface area contributed by atoms with Crippen molar-refractivity contribution >= 4 is 121 Å². The van der Waals surface area contributed by atoms with Gasteiger partial charge in [0.25, 0.3) is 0 Å². The SMILES string of the molecule is CNC(=O)CCNC(=O)CCc1ccc(NC(=O)COCC(=O)NCCCC[C@@H](CC(=O)CCSC2CC(=O)N(CCC(=O)C3(C(C)=O)SS3)C2=O)C(=O)NCCOCCOCCOCCOCCC(=O)C(C(C)=O)(C(C)=O)C(C)=O)cc1. The maximum atomic E-state index is 13.4. The summed E-state index contributed by atoms with van der Waals surface area (Å²) in [6, 6.07) is 6.89. The van der Waals surface area contributed by atoms with Crippen LogP contribution in [0.4, 0.5) is 5.69 Å². The fourth-order valence-corrected chi connectivity index (χ4v) is 11.8. The summed E-state index contributed by atoms with van der Waals surface area (Å²) in [5.41, 5.74) is -0.941. The monoisotopic (exact) mass is 1220 g/mol. The first-order valence-corrected chi connectivity index (χ1v) is 30.5. The second-order valence-electron chi connectivity index (χ2n) is 19.3. The molecule has 2 saturated heterocycles. The van der Waals surface area contributed by atoms with Crippen LogP contribution in [-0.2, 0) is 97.2 Å². The highest BCUT2D eigenvalue weighted by atomic mass is 33.2. The molecule has 2 fully saturated rings. The zero-order valence-corrected chi connectivity index (χ0v) is 50.2. The number of carbonyl (C=O) groups excluding carboxylic acids is 14. The molecule has 0 spiro atoms. The van der Waals surface area contributed by atoms with Crippen LogP contribution in [0, 0.1) is 11.3 Å². The summed E-state index contributed by atoms with van der Waals surface area (Å²) in [4.78, 5) is 175. The molecular formula is C55H78N6O19S3. The largest absolute Gasteiger partial charge is 0.379 e. The number of hydrogen-bond donors (Lipinski definition) is 5. The minimum atomic E-state index is -2.30. The first-order chi connectivity index (χ1) is 39.6. The van der Waals surface area contributed by atoms with Gasteiger partial charge < -0.3 is 50.3 Å². The van der Waals surface area contributed by atoms with Crippen LogP contribution in [-0.4, -0.2) is 201 Å². The highest BCUT2D eigenvalue weighted by Gasteiger charge is 2.57. The second-order valence-corrected chi connectivity index (χ2v) is 23.5. The number of Topliss-reactive ketones (excluding diaryl/α,β-unsaturated/α-hetero) is 7. The van der Waals surface area contributed by atoms with Crippen LogP contribution in [0.3, 0.4) is 0 Å². The molecule has 2 aliphatic rings. The number of ketones is 7. The molecule has 28 heteroatoms. The van der Waals surface area contributed by atoms with Crippen LogP contribution >= 0.6 is 33.3 Å². The Labute approximate surface area is 494 Å². The van der Waals surface area contributed by atoms with Gasteiger partial charge in [0.1, 0.15) is 19.0 Å². The molecule has 0 radical (unpaired) electrons. The van der Waals surface area contributed by atoms with Crippen molar-refractivity contribution in [2.24, 2.45) is 11.3 Å². The maximum absolute atomic E-state index is 13.4. The van der Waals surface area contributed by atoms with Crippen LogP contribution < -0.4 is 26.6 Å². The summed E-state index contributed by atoms with van der Waals surface area (Å²) in [5.74, 6) is -7.25. The van der Waals surface area contributed by atoms with Crippen molar-refractivity contribution in [1.82, 2.24) is 26.2 Å². The topological polar surface area (TPSA) is 349 Å². The molecule has 460 valence electrons. The van der Waals surface area contributed by atoms with Crippen molar-refractivity contribution in [3.63, 3.8) is 0 Å². The molecule has 0 saturated carbocycles. The van der Waals surface area contributed by atoms with Crippen LogP contribution in [0.2, 0.25) is 0 Å².